The van der Waals surface area contributed by atoms with Crippen molar-refractivity contribution in [3.63, 3.8) is 0 Å². The molecule has 0 fully saturated rings. The maximum atomic E-state index is 6.02. The molecule has 0 saturated carbocycles. The van der Waals surface area contributed by atoms with Crippen LogP contribution < -0.4 is 5.32 Å². The minimum atomic E-state index is 0.701. The molecule has 1 nitrogen and oxygen atoms in total. The molecule has 0 aliphatic rings. The molecule has 0 aliphatic heterocycles. The summed E-state index contributed by atoms with van der Waals surface area (Å²) >= 11 is 11.8. The van der Waals surface area contributed by atoms with E-state index in [9.17, 15) is 0 Å². The van der Waals surface area contributed by atoms with E-state index in [0.717, 1.165) is 16.4 Å². The lowest BCUT2D eigenvalue weighted by molar-refractivity contribution is 1.55. The maximum absolute atomic E-state index is 6.02. The molecular weight excluding hydrogens is 229 g/mol. The molecule has 0 atom stereocenters. The molecule has 0 amide bonds. The van der Waals surface area contributed by atoms with Gasteiger partial charge in [-0.15, -0.1) is 0 Å². The highest BCUT2D eigenvalue weighted by Gasteiger charge is 1.98. The van der Waals surface area contributed by atoms with E-state index < -0.39 is 0 Å². The van der Waals surface area contributed by atoms with Gasteiger partial charge in [0.2, 0.25) is 0 Å². The number of nitrogens with one attached hydrogen (secondary N) is 1. The third-order valence-electron chi connectivity index (χ3n) is 2.00. The van der Waals surface area contributed by atoms with E-state index >= 15 is 0 Å². The highest BCUT2D eigenvalue weighted by atomic mass is 35.5. The molecule has 0 aliphatic carbocycles. The van der Waals surface area contributed by atoms with Crippen molar-refractivity contribution in [2.24, 2.45) is 0 Å². The summed E-state index contributed by atoms with van der Waals surface area (Å²) in [5, 5.41) is 4.63. The summed E-state index contributed by atoms with van der Waals surface area (Å²) in [5.74, 6) is 0. The Labute approximate surface area is 98.6 Å². The largest absolute Gasteiger partial charge is 0.354 e. The van der Waals surface area contributed by atoms with Gasteiger partial charge < -0.3 is 5.32 Å². The summed E-state index contributed by atoms with van der Waals surface area (Å²) in [6, 6.07) is 15.1. The van der Waals surface area contributed by atoms with Gasteiger partial charge in [0.15, 0.2) is 0 Å². The summed E-state index contributed by atoms with van der Waals surface area (Å²) < 4.78 is 0. The van der Waals surface area contributed by atoms with Gasteiger partial charge in [-0.05, 0) is 36.4 Å². The van der Waals surface area contributed by atoms with Crippen LogP contribution in [0.2, 0.25) is 10.0 Å². The minimum absolute atomic E-state index is 0.701. The summed E-state index contributed by atoms with van der Waals surface area (Å²) in [4.78, 5) is 0. The fraction of sp³-hybridized carbons (Fsp3) is 0. The molecule has 2 rings (SSSR count). The molecule has 0 aromatic heterocycles. The Bertz CT molecular complexity index is 451. The molecule has 2 aromatic carbocycles. The molecule has 0 spiro atoms. The monoisotopic (exact) mass is 237 g/mol. The third kappa shape index (κ3) is 2.65. The fourth-order valence-corrected chi connectivity index (χ4v) is 1.56. The number of para-hydroxylation sites is 1. The highest BCUT2D eigenvalue weighted by Crippen LogP contribution is 2.25. The Balaban J connectivity index is 2.22. The van der Waals surface area contributed by atoms with Gasteiger partial charge in [-0.1, -0.05) is 35.3 Å². The first kappa shape index (κ1) is 10.3. The van der Waals surface area contributed by atoms with E-state index in [1.165, 1.54) is 0 Å². The van der Waals surface area contributed by atoms with Crippen LogP contribution in [0.1, 0.15) is 0 Å². The Morgan fingerprint density at radius 3 is 2.13 bits per heavy atom. The number of hydrogen-bond acceptors (Lipinski definition) is 1. The van der Waals surface area contributed by atoms with E-state index in [2.05, 4.69) is 5.32 Å². The standard InChI is InChI=1S/C12H9Cl2N/c13-9-5-7-10(8-6-9)15-12-4-2-1-3-11(12)14/h1-8,15H. The average Bonchev–Trinajstić information content (AvgIpc) is 2.25. The lowest BCUT2D eigenvalue weighted by Crippen LogP contribution is -1.89. The number of halogens is 2. The maximum Gasteiger partial charge on any atom is 0.0640 e. The zero-order chi connectivity index (χ0) is 10.7. The molecule has 0 bridgehead atoms. The van der Waals surface area contributed by atoms with Gasteiger partial charge in [-0.3, -0.25) is 0 Å². The van der Waals surface area contributed by atoms with Crippen LogP contribution in [0.15, 0.2) is 48.5 Å². The van der Waals surface area contributed by atoms with Crippen molar-refractivity contribution in [2.45, 2.75) is 0 Å². The van der Waals surface area contributed by atoms with Gasteiger partial charge in [0, 0.05) is 10.7 Å². The predicted molar refractivity (Wildman–Crippen MR) is 66.2 cm³/mol. The van der Waals surface area contributed by atoms with Gasteiger partial charge in [-0.2, -0.15) is 0 Å². The number of hydrogen-bond donors (Lipinski definition) is 1. The topological polar surface area (TPSA) is 12.0 Å². The minimum Gasteiger partial charge on any atom is -0.354 e. The van der Waals surface area contributed by atoms with Gasteiger partial charge in [-0.25, -0.2) is 0 Å². The summed E-state index contributed by atoms with van der Waals surface area (Å²) in [6.07, 6.45) is 0. The molecule has 15 heavy (non-hydrogen) atoms. The second-order valence-electron chi connectivity index (χ2n) is 3.11. The number of anilines is 2. The quantitative estimate of drug-likeness (QED) is 0.796. The highest BCUT2D eigenvalue weighted by molar-refractivity contribution is 6.33. The molecule has 2 aromatic rings. The first-order chi connectivity index (χ1) is 7.25. The van der Waals surface area contributed by atoms with Gasteiger partial charge in [0.25, 0.3) is 0 Å². The van der Waals surface area contributed by atoms with Crippen LogP contribution in [0.5, 0.6) is 0 Å². The van der Waals surface area contributed by atoms with E-state index in [0.29, 0.717) is 5.02 Å². The molecular formula is C12H9Cl2N. The van der Waals surface area contributed by atoms with Crippen LogP contribution >= 0.6 is 23.2 Å². The second-order valence-corrected chi connectivity index (χ2v) is 3.96. The van der Waals surface area contributed by atoms with Gasteiger partial charge in [0.05, 0.1) is 10.7 Å². The van der Waals surface area contributed by atoms with Crippen LogP contribution in [0.3, 0.4) is 0 Å². The molecule has 1 N–H and O–H groups in total. The number of rotatable bonds is 2. The Morgan fingerprint density at radius 1 is 0.800 bits per heavy atom. The predicted octanol–water partition coefficient (Wildman–Crippen LogP) is 4.74. The van der Waals surface area contributed by atoms with Crippen molar-refractivity contribution < 1.29 is 0 Å². The van der Waals surface area contributed by atoms with Crippen molar-refractivity contribution in [3.05, 3.63) is 58.6 Å². The van der Waals surface area contributed by atoms with Crippen molar-refractivity contribution in [1.82, 2.24) is 0 Å². The second kappa shape index (κ2) is 4.56. The first-order valence-electron chi connectivity index (χ1n) is 4.53. The van der Waals surface area contributed by atoms with Crippen LogP contribution in [-0.2, 0) is 0 Å². The smallest absolute Gasteiger partial charge is 0.0640 e. The average molecular weight is 238 g/mol. The molecule has 76 valence electrons. The van der Waals surface area contributed by atoms with Crippen molar-refractivity contribution in [2.75, 3.05) is 5.32 Å². The van der Waals surface area contributed by atoms with Crippen molar-refractivity contribution >= 4 is 34.6 Å². The van der Waals surface area contributed by atoms with Crippen molar-refractivity contribution in [3.8, 4) is 0 Å². The van der Waals surface area contributed by atoms with Gasteiger partial charge in [0.1, 0.15) is 0 Å². The normalized spacial score (nSPS) is 10.0. The Hall–Kier alpha value is -1.18. The van der Waals surface area contributed by atoms with Crippen LogP contribution in [0.4, 0.5) is 11.4 Å². The van der Waals surface area contributed by atoms with E-state index in [1.807, 2.05) is 48.5 Å². The van der Waals surface area contributed by atoms with Gasteiger partial charge >= 0.3 is 0 Å². The van der Waals surface area contributed by atoms with Crippen molar-refractivity contribution in [1.29, 1.82) is 0 Å². The molecule has 0 unspecified atom stereocenters. The summed E-state index contributed by atoms with van der Waals surface area (Å²) in [6.45, 7) is 0. The molecule has 0 radical (unpaired) electrons. The summed E-state index contributed by atoms with van der Waals surface area (Å²) in [7, 11) is 0. The zero-order valence-corrected chi connectivity index (χ0v) is 9.39. The van der Waals surface area contributed by atoms with Crippen LogP contribution in [-0.4, -0.2) is 0 Å². The summed E-state index contributed by atoms with van der Waals surface area (Å²) in [5.41, 5.74) is 1.86. The van der Waals surface area contributed by atoms with Crippen LogP contribution in [0.25, 0.3) is 0 Å². The zero-order valence-electron chi connectivity index (χ0n) is 7.87. The number of benzene rings is 2. The molecule has 0 heterocycles. The van der Waals surface area contributed by atoms with Crippen LogP contribution in [0, 0.1) is 0 Å². The lowest BCUT2D eigenvalue weighted by atomic mass is 10.2. The molecule has 0 saturated heterocycles. The van der Waals surface area contributed by atoms with E-state index in [1.54, 1.807) is 0 Å². The Kier molecular flexibility index (Phi) is 3.14. The molecule has 3 heteroatoms. The van der Waals surface area contributed by atoms with E-state index in [-0.39, 0.29) is 0 Å². The SMILES string of the molecule is Clc1ccc(Nc2ccccc2Cl)cc1. The fourth-order valence-electron chi connectivity index (χ4n) is 1.25. The first-order valence-corrected chi connectivity index (χ1v) is 5.28. The van der Waals surface area contributed by atoms with E-state index in [4.69, 9.17) is 23.2 Å². The lowest BCUT2D eigenvalue weighted by Gasteiger charge is -2.07. The Morgan fingerprint density at radius 2 is 1.47 bits per heavy atom. The third-order valence-corrected chi connectivity index (χ3v) is 2.58.